The molecule has 0 amide bonds. The van der Waals surface area contributed by atoms with Crippen LogP contribution in [0, 0.1) is 17.6 Å². The van der Waals surface area contributed by atoms with Crippen molar-refractivity contribution in [1.82, 2.24) is 0 Å². The SMILES string of the molecule is O=C(O)c1ccc(OCCCCC2CC2)c(F)c1F. The summed E-state index contributed by atoms with van der Waals surface area (Å²) in [6.45, 7) is 0.315. The molecule has 1 saturated carbocycles. The molecule has 0 unspecified atom stereocenters. The van der Waals surface area contributed by atoms with Gasteiger partial charge in [0.15, 0.2) is 11.6 Å². The second-order valence-electron chi connectivity index (χ2n) is 4.83. The van der Waals surface area contributed by atoms with Gasteiger partial charge in [-0.3, -0.25) is 0 Å². The standard InChI is InChI=1S/C14H16F2O3/c15-12-10(14(17)18)6-7-11(13(12)16)19-8-2-1-3-9-4-5-9/h6-7,9H,1-5,8H2,(H,17,18). The Labute approximate surface area is 110 Å². The van der Waals surface area contributed by atoms with Crippen LogP contribution in [0.3, 0.4) is 0 Å². The van der Waals surface area contributed by atoms with Crippen molar-refractivity contribution in [1.29, 1.82) is 0 Å². The maximum Gasteiger partial charge on any atom is 0.338 e. The summed E-state index contributed by atoms with van der Waals surface area (Å²) in [5.41, 5.74) is -0.682. The summed E-state index contributed by atoms with van der Waals surface area (Å²) in [5.74, 6) is -3.48. The van der Waals surface area contributed by atoms with Crippen molar-refractivity contribution >= 4 is 5.97 Å². The first-order valence-electron chi connectivity index (χ1n) is 6.43. The van der Waals surface area contributed by atoms with E-state index in [4.69, 9.17) is 9.84 Å². The molecule has 1 aliphatic carbocycles. The van der Waals surface area contributed by atoms with Crippen LogP contribution in [-0.2, 0) is 0 Å². The highest BCUT2D eigenvalue weighted by atomic mass is 19.2. The molecule has 0 aromatic heterocycles. The van der Waals surface area contributed by atoms with Gasteiger partial charge in [0, 0.05) is 0 Å². The highest BCUT2D eigenvalue weighted by Gasteiger charge is 2.20. The van der Waals surface area contributed by atoms with Gasteiger partial charge >= 0.3 is 5.97 Å². The van der Waals surface area contributed by atoms with E-state index in [1.54, 1.807) is 0 Å². The van der Waals surface area contributed by atoms with Crippen molar-refractivity contribution in [2.24, 2.45) is 5.92 Å². The fraction of sp³-hybridized carbons (Fsp3) is 0.500. The van der Waals surface area contributed by atoms with E-state index in [1.807, 2.05) is 0 Å². The van der Waals surface area contributed by atoms with Crippen molar-refractivity contribution in [2.45, 2.75) is 32.1 Å². The van der Waals surface area contributed by atoms with Gasteiger partial charge in [-0.25, -0.2) is 9.18 Å². The molecule has 3 nitrogen and oxygen atoms in total. The quantitative estimate of drug-likeness (QED) is 0.770. The maximum atomic E-state index is 13.5. The molecular formula is C14H16F2O3. The molecule has 104 valence electrons. The predicted molar refractivity (Wildman–Crippen MR) is 65.4 cm³/mol. The lowest BCUT2D eigenvalue weighted by molar-refractivity contribution is 0.0690. The Balaban J connectivity index is 1.85. The van der Waals surface area contributed by atoms with E-state index in [1.165, 1.54) is 12.8 Å². The lowest BCUT2D eigenvalue weighted by atomic mass is 10.2. The molecule has 5 heteroatoms. The number of rotatable bonds is 7. The first-order chi connectivity index (χ1) is 9.09. The Morgan fingerprint density at radius 2 is 2.00 bits per heavy atom. The fourth-order valence-electron chi connectivity index (χ4n) is 1.93. The highest BCUT2D eigenvalue weighted by Crippen LogP contribution is 2.33. The monoisotopic (exact) mass is 270 g/mol. The van der Waals surface area contributed by atoms with Crippen molar-refractivity contribution in [2.75, 3.05) is 6.61 Å². The lowest BCUT2D eigenvalue weighted by Gasteiger charge is -2.08. The number of halogens is 2. The third-order valence-corrected chi connectivity index (χ3v) is 3.24. The fourth-order valence-corrected chi connectivity index (χ4v) is 1.93. The normalized spacial score (nSPS) is 14.4. The van der Waals surface area contributed by atoms with Crippen LogP contribution in [0.1, 0.15) is 42.5 Å². The van der Waals surface area contributed by atoms with Crippen LogP contribution in [0.15, 0.2) is 12.1 Å². The third kappa shape index (κ3) is 3.66. The van der Waals surface area contributed by atoms with Gasteiger partial charge in [0.1, 0.15) is 0 Å². The van der Waals surface area contributed by atoms with Crippen LogP contribution >= 0.6 is 0 Å². The summed E-state index contributed by atoms with van der Waals surface area (Å²) in [4.78, 5) is 10.6. The van der Waals surface area contributed by atoms with Crippen LogP contribution in [0.25, 0.3) is 0 Å². The molecule has 0 aliphatic heterocycles. The Morgan fingerprint density at radius 1 is 1.26 bits per heavy atom. The maximum absolute atomic E-state index is 13.5. The average molecular weight is 270 g/mol. The summed E-state index contributed by atoms with van der Waals surface area (Å²) in [7, 11) is 0. The zero-order valence-electron chi connectivity index (χ0n) is 10.5. The van der Waals surface area contributed by atoms with Crippen molar-refractivity contribution < 1.29 is 23.4 Å². The number of hydrogen-bond donors (Lipinski definition) is 1. The number of carboxylic acids is 1. The lowest BCUT2D eigenvalue weighted by Crippen LogP contribution is -2.06. The topological polar surface area (TPSA) is 46.5 Å². The van der Waals surface area contributed by atoms with Gasteiger partial charge in [-0.1, -0.05) is 19.3 Å². The molecule has 1 aromatic carbocycles. The van der Waals surface area contributed by atoms with Gasteiger partial charge in [-0.05, 0) is 30.9 Å². The van der Waals surface area contributed by atoms with Crippen LogP contribution in [-0.4, -0.2) is 17.7 Å². The van der Waals surface area contributed by atoms with Crippen LogP contribution in [0.5, 0.6) is 5.75 Å². The predicted octanol–water partition coefficient (Wildman–Crippen LogP) is 3.62. The van der Waals surface area contributed by atoms with Crippen LogP contribution < -0.4 is 4.74 Å². The van der Waals surface area contributed by atoms with E-state index in [2.05, 4.69) is 0 Å². The third-order valence-electron chi connectivity index (χ3n) is 3.24. The summed E-state index contributed by atoms with van der Waals surface area (Å²) in [5, 5.41) is 8.64. The molecule has 1 N–H and O–H groups in total. The minimum atomic E-state index is -1.49. The van der Waals surface area contributed by atoms with Crippen LogP contribution in [0.4, 0.5) is 8.78 Å². The number of carboxylic acid groups (broad SMARTS) is 1. The molecule has 2 rings (SSSR count). The number of hydrogen-bond acceptors (Lipinski definition) is 2. The molecule has 0 bridgehead atoms. The molecule has 1 aromatic rings. The Morgan fingerprint density at radius 3 is 2.63 bits per heavy atom. The summed E-state index contributed by atoms with van der Waals surface area (Å²) < 4.78 is 32.0. The van der Waals surface area contributed by atoms with Crippen molar-refractivity contribution in [3.8, 4) is 5.75 Å². The second kappa shape index (κ2) is 5.99. The first kappa shape index (κ1) is 13.8. The van der Waals surface area contributed by atoms with E-state index in [0.717, 1.165) is 37.3 Å². The first-order valence-corrected chi connectivity index (χ1v) is 6.43. The number of ether oxygens (including phenoxy) is 1. The van der Waals surface area contributed by atoms with E-state index in [9.17, 15) is 13.6 Å². The zero-order valence-corrected chi connectivity index (χ0v) is 10.5. The average Bonchev–Trinajstić information content (AvgIpc) is 3.17. The van der Waals surface area contributed by atoms with E-state index in [-0.39, 0.29) is 5.75 Å². The summed E-state index contributed by atoms with van der Waals surface area (Å²) in [6, 6.07) is 2.17. The molecule has 0 saturated heterocycles. The summed E-state index contributed by atoms with van der Waals surface area (Å²) >= 11 is 0. The number of carbonyl (C=O) groups is 1. The zero-order chi connectivity index (χ0) is 13.8. The largest absolute Gasteiger partial charge is 0.490 e. The number of benzene rings is 1. The minimum Gasteiger partial charge on any atom is -0.490 e. The van der Waals surface area contributed by atoms with E-state index < -0.39 is 23.2 Å². The van der Waals surface area contributed by atoms with Gasteiger partial charge in [0.25, 0.3) is 0 Å². The Kier molecular flexibility index (Phi) is 4.35. The highest BCUT2D eigenvalue weighted by molar-refractivity contribution is 5.88. The molecule has 1 fully saturated rings. The van der Waals surface area contributed by atoms with Crippen LogP contribution in [0.2, 0.25) is 0 Å². The number of aromatic carboxylic acids is 1. The second-order valence-corrected chi connectivity index (χ2v) is 4.83. The van der Waals surface area contributed by atoms with E-state index >= 15 is 0 Å². The Hall–Kier alpha value is -1.65. The van der Waals surface area contributed by atoms with Gasteiger partial charge in [0.05, 0.1) is 12.2 Å². The van der Waals surface area contributed by atoms with E-state index in [0.29, 0.717) is 6.61 Å². The molecular weight excluding hydrogens is 254 g/mol. The minimum absolute atomic E-state index is 0.228. The Bertz CT molecular complexity index is 470. The van der Waals surface area contributed by atoms with Crippen molar-refractivity contribution in [3.05, 3.63) is 29.3 Å². The molecule has 19 heavy (non-hydrogen) atoms. The molecule has 0 radical (unpaired) electrons. The van der Waals surface area contributed by atoms with Gasteiger partial charge in [-0.15, -0.1) is 0 Å². The van der Waals surface area contributed by atoms with Gasteiger partial charge < -0.3 is 9.84 Å². The van der Waals surface area contributed by atoms with Crippen molar-refractivity contribution in [3.63, 3.8) is 0 Å². The summed E-state index contributed by atoms with van der Waals surface area (Å²) in [6.07, 6.45) is 5.58. The molecule has 0 spiro atoms. The van der Waals surface area contributed by atoms with Gasteiger partial charge in [0.2, 0.25) is 5.82 Å². The molecule has 1 aliphatic rings. The molecule has 0 atom stereocenters. The number of unbranched alkanes of at least 4 members (excludes halogenated alkanes) is 1. The van der Waals surface area contributed by atoms with Gasteiger partial charge in [-0.2, -0.15) is 4.39 Å². The molecule has 0 heterocycles. The smallest absolute Gasteiger partial charge is 0.338 e.